The van der Waals surface area contributed by atoms with Gasteiger partial charge in [0.25, 0.3) is 6.43 Å². The summed E-state index contributed by atoms with van der Waals surface area (Å²) in [5.41, 5.74) is 5.40. The monoisotopic (exact) mass is 502 g/mol. The van der Waals surface area contributed by atoms with E-state index < -0.39 is 6.43 Å². The lowest BCUT2D eigenvalue weighted by molar-refractivity contribution is 0.146. The number of ether oxygens (including phenoxy) is 1. The molecule has 0 radical (unpaired) electrons. The quantitative estimate of drug-likeness (QED) is 0.265. The van der Waals surface area contributed by atoms with Crippen LogP contribution < -0.4 is 4.74 Å². The molecule has 0 saturated heterocycles. The number of nitrogens with zero attached hydrogens (tertiary/aromatic N) is 6. The Hall–Kier alpha value is -3.92. The maximum Gasteiger partial charge on any atom is 0.280 e. The third kappa shape index (κ3) is 4.17. The minimum atomic E-state index is -2.71. The van der Waals surface area contributed by atoms with E-state index in [-0.39, 0.29) is 5.69 Å². The van der Waals surface area contributed by atoms with Gasteiger partial charge in [-0.05, 0) is 55.0 Å². The third-order valence-electron chi connectivity index (χ3n) is 6.11. The summed E-state index contributed by atoms with van der Waals surface area (Å²) >= 11 is 1.36. The average Bonchev–Trinajstić information content (AvgIpc) is 3.66. The lowest BCUT2D eigenvalue weighted by Crippen LogP contribution is -1.97. The van der Waals surface area contributed by atoms with Crippen LogP contribution in [0.15, 0.2) is 49.1 Å². The van der Waals surface area contributed by atoms with Crippen LogP contribution in [0.3, 0.4) is 0 Å². The Morgan fingerprint density at radius 2 is 1.75 bits per heavy atom. The van der Waals surface area contributed by atoms with Gasteiger partial charge < -0.3 is 4.74 Å². The number of alkyl halides is 2. The van der Waals surface area contributed by atoms with E-state index in [2.05, 4.69) is 31.0 Å². The Morgan fingerprint density at radius 3 is 2.47 bits per heavy atom. The molecule has 180 valence electrons. The molecule has 6 rings (SSSR count). The Labute approximate surface area is 209 Å². The van der Waals surface area contributed by atoms with Gasteiger partial charge in [0.2, 0.25) is 0 Å². The van der Waals surface area contributed by atoms with Gasteiger partial charge in [-0.25, -0.2) is 23.7 Å². The van der Waals surface area contributed by atoms with E-state index >= 15 is 0 Å². The molecule has 7 nitrogen and oxygen atoms in total. The zero-order valence-electron chi connectivity index (χ0n) is 19.4. The van der Waals surface area contributed by atoms with Gasteiger partial charge in [0.15, 0.2) is 10.5 Å². The number of aromatic nitrogens is 6. The largest absolute Gasteiger partial charge is 0.494 e. The molecule has 0 atom stereocenters. The van der Waals surface area contributed by atoms with Crippen LogP contribution in [0.4, 0.5) is 8.78 Å². The summed E-state index contributed by atoms with van der Waals surface area (Å²) in [7, 11) is 1.48. The number of aryl methyl sites for hydroxylation is 1. The van der Waals surface area contributed by atoms with Gasteiger partial charge in [0.1, 0.15) is 22.1 Å². The van der Waals surface area contributed by atoms with Crippen LogP contribution in [-0.4, -0.2) is 37.0 Å². The van der Waals surface area contributed by atoms with E-state index in [4.69, 9.17) is 9.72 Å². The number of rotatable bonds is 6. The summed E-state index contributed by atoms with van der Waals surface area (Å²) in [5, 5.41) is 0.624. The zero-order valence-corrected chi connectivity index (χ0v) is 20.3. The van der Waals surface area contributed by atoms with Crippen molar-refractivity contribution in [3.05, 3.63) is 66.0 Å². The molecule has 0 aromatic carbocycles. The number of hydrogen-bond donors (Lipinski definition) is 0. The second-order valence-corrected chi connectivity index (χ2v) is 9.61. The molecule has 0 aliphatic heterocycles. The zero-order chi connectivity index (χ0) is 24.8. The first-order valence-electron chi connectivity index (χ1n) is 11.4. The van der Waals surface area contributed by atoms with E-state index in [1.165, 1.54) is 49.1 Å². The van der Waals surface area contributed by atoms with E-state index in [0.717, 1.165) is 11.4 Å². The summed E-state index contributed by atoms with van der Waals surface area (Å²) in [4.78, 5) is 27.4. The number of fused-ring (bicyclic) bond motifs is 1. The molecule has 1 aliphatic carbocycles. The van der Waals surface area contributed by atoms with Crippen molar-refractivity contribution in [2.75, 3.05) is 7.11 Å². The van der Waals surface area contributed by atoms with Gasteiger partial charge in [-0.3, -0.25) is 15.0 Å². The lowest BCUT2D eigenvalue weighted by atomic mass is 10.00. The Morgan fingerprint density at radius 1 is 0.889 bits per heavy atom. The first-order valence-corrected chi connectivity index (χ1v) is 12.2. The normalized spacial score (nSPS) is 13.5. The minimum Gasteiger partial charge on any atom is -0.494 e. The molecule has 36 heavy (non-hydrogen) atoms. The van der Waals surface area contributed by atoms with Crippen molar-refractivity contribution in [1.82, 2.24) is 29.9 Å². The second-order valence-electron chi connectivity index (χ2n) is 8.64. The molecule has 5 heterocycles. The minimum absolute atomic E-state index is 0.330. The van der Waals surface area contributed by atoms with Crippen molar-refractivity contribution in [2.24, 2.45) is 0 Å². The predicted octanol–water partition coefficient (Wildman–Crippen LogP) is 6.40. The molecule has 0 amide bonds. The molecular formula is C26H20F2N6OS. The second kappa shape index (κ2) is 8.94. The summed E-state index contributed by atoms with van der Waals surface area (Å²) in [5.74, 6) is 1.02. The Balaban J connectivity index is 1.43. The highest BCUT2D eigenvalue weighted by Crippen LogP contribution is 2.41. The van der Waals surface area contributed by atoms with Gasteiger partial charge in [-0.1, -0.05) is 17.4 Å². The maximum atomic E-state index is 13.4. The molecule has 0 bridgehead atoms. The van der Waals surface area contributed by atoms with Crippen molar-refractivity contribution in [3.8, 4) is 38.8 Å². The standard InChI is InChI=1S/C26H20F2N6OS/c1-13-7-16(17-8-20(23(27)28)31-12-22(17)35-2)18(10-29-13)25-34-24-26(36-25)33-21(11-32-24)19-6-5-15(9-30-19)14-3-4-14/h5-12,14,23H,3-4H2,1-2H3. The molecule has 10 heteroatoms. The van der Waals surface area contributed by atoms with Crippen molar-refractivity contribution < 1.29 is 13.5 Å². The van der Waals surface area contributed by atoms with Crippen molar-refractivity contribution in [1.29, 1.82) is 0 Å². The van der Waals surface area contributed by atoms with Crippen LogP contribution >= 0.6 is 11.3 Å². The third-order valence-corrected chi connectivity index (χ3v) is 7.09. The van der Waals surface area contributed by atoms with Crippen LogP contribution in [0, 0.1) is 6.92 Å². The molecule has 1 saturated carbocycles. The van der Waals surface area contributed by atoms with Gasteiger partial charge in [-0.15, -0.1) is 0 Å². The molecule has 1 fully saturated rings. The fraction of sp³-hybridized carbons (Fsp3) is 0.231. The molecule has 0 N–H and O–H groups in total. The fourth-order valence-corrected chi connectivity index (χ4v) is 5.00. The van der Waals surface area contributed by atoms with Crippen molar-refractivity contribution >= 4 is 21.8 Å². The highest BCUT2D eigenvalue weighted by molar-refractivity contribution is 7.21. The van der Waals surface area contributed by atoms with Gasteiger partial charge in [-0.2, -0.15) is 0 Å². The lowest BCUT2D eigenvalue weighted by Gasteiger charge is -2.13. The Kier molecular flexibility index (Phi) is 5.60. The molecule has 5 aromatic heterocycles. The molecule has 0 unspecified atom stereocenters. The fourth-order valence-electron chi connectivity index (χ4n) is 4.08. The van der Waals surface area contributed by atoms with Crippen molar-refractivity contribution in [3.63, 3.8) is 0 Å². The van der Waals surface area contributed by atoms with Gasteiger partial charge >= 0.3 is 0 Å². The highest BCUT2D eigenvalue weighted by Gasteiger charge is 2.24. The molecule has 5 aromatic rings. The van der Waals surface area contributed by atoms with E-state index in [9.17, 15) is 8.78 Å². The van der Waals surface area contributed by atoms with Crippen LogP contribution in [0.25, 0.3) is 43.6 Å². The Bertz CT molecular complexity index is 1580. The number of methoxy groups -OCH3 is 1. The number of thiazole rings is 1. The van der Waals surface area contributed by atoms with Crippen LogP contribution in [0.1, 0.15) is 42.1 Å². The van der Waals surface area contributed by atoms with Gasteiger partial charge in [0, 0.05) is 29.2 Å². The molecule has 0 spiro atoms. The molecule has 1 aliphatic rings. The maximum absolute atomic E-state index is 13.4. The summed E-state index contributed by atoms with van der Waals surface area (Å²) in [6.07, 6.45) is 6.32. The van der Waals surface area contributed by atoms with Crippen LogP contribution in [-0.2, 0) is 0 Å². The van der Waals surface area contributed by atoms with Crippen LogP contribution in [0.5, 0.6) is 5.75 Å². The number of pyridine rings is 3. The van der Waals surface area contributed by atoms with E-state index in [0.29, 0.717) is 49.5 Å². The number of hydrogen-bond acceptors (Lipinski definition) is 8. The molecular weight excluding hydrogens is 482 g/mol. The summed E-state index contributed by atoms with van der Waals surface area (Å²) in [6.45, 7) is 1.84. The number of halogens is 2. The first kappa shape index (κ1) is 22.5. The first-order chi connectivity index (χ1) is 17.5. The topological polar surface area (TPSA) is 86.6 Å². The average molecular weight is 503 g/mol. The van der Waals surface area contributed by atoms with Crippen molar-refractivity contribution in [2.45, 2.75) is 32.1 Å². The van der Waals surface area contributed by atoms with E-state index in [1.54, 1.807) is 12.4 Å². The van der Waals surface area contributed by atoms with E-state index in [1.807, 2.05) is 25.3 Å². The SMILES string of the molecule is COc1cnc(C(F)F)cc1-c1cc(C)ncc1-c1nc2ncc(-c3ccc(C4CC4)cn3)nc2s1. The highest BCUT2D eigenvalue weighted by atomic mass is 32.1. The van der Waals surface area contributed by atoms with Crippen LogP contribution in [0.2, 0.25) is 0 Å². The summed E-state index contributed by atoms with van der Waals surface area (Å²) < 4.78 is 32.3. The summed E-state index contributed by atoms with van der Waals surface area (Å²) in [6, 6.07) is 7.25. The van der Waals surface area contributed by atoms with Gasteiger partial charge in [0.05, 0.1) is 25.2 Å². The smallest absolute Gasteiger partial charge is 0.280 e. The predicted molar refractivity (Wildman–Crippen MR) is 133 cm³/mol.